The Kier molecular flexibility index (Phi) is 6.00. The Morgan fingerprint density at radius 1 is 0.828 bits per heavy atom. The average Bonchev–Trinajstić information content (AvgIpc) is 2.71. The first kappa shape index (κ1) is 20.6. The van der Waals surface area contributed by atoms with Crippen molar-refractivity contribution in [1.29, 1.82) is 0 Å². The molecule has 0 N–H and O–H groups in total. The predicted octanol–water partition coefficient (Wildman–Crippen LogP) is 6.42. The fraction of sp³-hybridized carbons (Fsp3) is 0.143. The fourth-order valence-electron chi connectivity index (χ4n) is 2.68. The normalized spacial score (nSPS) is 12.1. The summed E-state index contributed by atoms with van der Waals surface area (Å²) in [5.41, 5.74) is -0.513. The van der Waals surface area contributed by atoms with E-state index < -0.39 is 46.0 Å². The van der Waals surface area contributed by atoms with Gasteiger partial charge in [0.1, 0.15) is 5.82 Å². The number of hydrogen-bond acceptors (Lipinski definition) is 2. The number of aryl methyl sites for hydroxylation is 1. The molecule has 0 saturated carbocycles. The molecule has 0 fully saturated rings. The monoisotopic (exact) mass is 408 g/mol. The molecule has 0 aliphatic rings. The third-order valence-electron chi connectivity index (χ3n) is 4.14. The van der Waals surface area contributed by atoms with Crippen molar-refractivity contribution in [1.82, 2.24) is 9.97 Å². The van der Waals surface area contributed by atoms with Crippen molar-refractivity contribution < 1.29 is 26.3 Å². The first-order valence-corrected chi connectivity index (χ1v) is 8.63. The lowest BCUT2D eigenvalue weighted by molar-refractivity contribution is 0.446. The van der Waals surface area contributed by atoms with Gasteiger partial charge in [-0.3, -0.25) is 0 Å². The second kappa shape index (κ2) is 8.46. The van der Waals surface area contributed by atoms with E-state index in [9.17, 15) is 26.3 Å². The first-order chi connectivity index (χ1) is 13.8. The molecule has 0 bridgehead atoms. The molecular formula is C21H14F6N2. The van der Waals surface area contributed by atoms with Crippen LogP contribution in [0.25, 0.3) is 23.0 Å². The lowest BCUT2D eigenvalue weighted by atomic mass is 10.1. The van der Waals surface area contributed by atoms with Gasteiger partial charge in [-0.25, -0.2) is 36.3 Å². The van der Waals surface area contributed by atoms with Crippen LogP contribution in [0.15, 0.2) is 42.7 Å². The van der Waals surface area contributed by atoms with E-state index in [4.69, 9.17) is 0 Å². The molecule has 0 aliphatic heterocycles. The standard InChI is InChI=1S/C21H14F6N2/c1-2-3-11-9-28-21(29-10-11)12-4-5-14(15(22)6-12)19(26)18(25)13-7-16(23)20(27)17(24)8-13/h4-10H,2-3H2,1H3. The van der Waals surface area contributed by atoms with Gasteiger partial charge in [0.25, 0.3) is 0 Å². The summed E-state index contributed by atoms with van der Waals surface area (Å²) in [6.07, 6.45) is 4.88. The van der Waals surface area contributed by atoms with Crippen LogP contribution < -0.4 is 0 Å². The lowest BCUT2D eigenvalue weighted by Crippen LogP contribution is -1.96. The molecule has 0 atom stereocenters. The molecule has 2 aromatic carbocycles. The fourth-order valence-corrected chi connectivity index (χ4v) is 2.68. The molecule has 0 spiro atoms. The zero-order valence-electron chi connectivity index (χ0n) is 15.1. The molecule has 0 unspecified atom stereocenters. The predicted molar refractivity (Wildman–Crippen MR) is 96.8 cm³/mol. The number of rotatable bonds is 5. The lowest BCUT2D eigenvalue weighted by Gasteiger charge is -2.07. The Labute approximate surface area is 162 Å². The van der Waals surface area contributed by atoms with Crippen molar-refractivity contribution in [3.8, 4) is 11.4 Å². The Balaban J connectivity index is 1.96. The Morgan fingerprint density at radius 3 is 2.00 bits per heavy atom. The van der Waals surface area contributed by atoms with Crippen LogP contribution in [0.1, 0.15) is 30.0 Å². The quantitative estimate of drug-likeness (QED) is 0.277. The SMILES string of the molecule is CCCc1cnc(-c2ccc(C(F)=C(F)c3cc(F)c(F)c(F)c3)c(F)c2)nc1. The second-order valence-corrected chi connectivity index (χ2v) is 6.24. The summed E-state index contributed by atoms with van der Waals surface area (Å²) in [5, 5.41) is 0. The van der Waals surface area contributed by atoms with Crippen molar-refractivity contribution in [3.63, 3.8) is 0 Å². The smallest absolute Gasteiger partial charge is 0.194 e. The molecule has 1 aromatic heterocycles. The number of hydrogen-bond donors (Lipinski definition) is 0. The van der Waals surface area contributed by atoms with E-state index in [0.29, 0.717) is 0 Å². The van der Waals surface area contributed by atoms with Gasteiger partial charge in [-0.1, -0.05) is 19.4 Å². The van der Waals surface area contributed by atoms with Crippen LogP contribution in [0.4, 0.5) is 26.3 Å². The van der Waals surface area contributed by atoms with Crippen LogP contribution in [0.5, 0.6) is 0 Å². The minimum absolute atomic E-state index is 0.197. The van der Waals surface area contributed by atoms with Gasteiger partial charge in [0.05, 0.1) is 0 Å². The summed E-state index contributed by atoms with van der Waals surface area (Å²) in [5.74, 6) is -9.54. The van der Waals surface area contributed by atoms with Gasteiger partial charge in [0.2, 0.25) is 0 Å². The van der Waals surface area contributed by atoms with Gasteiger partial charge in [0.15, 0.2) is 34.9 Å². The molecule has 150 valence electrons. The number of nitrogens with zero attached hydrogens (tertiary/aromatic N) is 2. The minimum Gasteiger partial charge on any atom is -0.236 e. The van der Waals surface area contributed by atoms with E-state index >= 15 is 0 Å². The van der Waals surface area contributed by atoms with Crippen molar-refractivity contribution in [2.75, 3.05) is 0 Å². The van der Waals surface area contributed by atoms with Gasteiger partial charge in [-0.2, -0.15) is 0 Å². The highest BCUT2D eigenvalue weighted by Crippen LogP contribution is 2.32. The summed E-state index contributed by atoms with van der Waals surface area (Å²) in [7, 11) is 0. The third-order valence-corrected chi connectivity index (χ3v) is 4.14. The molecule has 29 heavy (non-hydrogen) atoms. The summed E-state index contributed by atoms with van der Waals surface area (Å²) < 4.78 is 82.5. The van der Waals surface area contributed by atoms with Crippen molar-refractivity contribution in [2.45, 2.75) is 19.8 Å². The van der Waals surface area contributed by atoms with Gasteiger partial charge in [-0.15, -0.1) is 0 Å². The largest absolute Gasteiger partial charge is 0.236 e. The van der Waals surface area contributed by atoms with Crippen LogP contribution in [0, 0.1) is 23.3 Å². The van der Waals surface area contributed by atoms with Crippen molar-refractivity contribution >= 4 is 11.7 Å². The highest BCUT2D eigenvalue weighted by Gasteiger charge is 2.19. The van der Waals surface area contributed by atoms with Crippen molar-refractivity contribution in [2.24, 2.45) is 0 Å². The molecule has 0 amide bonds. The Hall–Kier alpha value is -3.16. The molecular weight excluding hydrogens is 394 g/mol. The highest BCUT2D eigenvalue weighted by atomic mass is 19.2. The Morgan fingerprint density at radius 2 is 1.45 bits per heavy atom. The van der Waals surface area contributed by atoms with E-state index in [2.05, 4.69) is 9.97 Å². The maximum atomic E-state index is 14.4. The highest BCUT2D eigenvalue weighted by molar-refractivity contribution is 5.83. The number of aromatic nitrogens is 2. The van der Waals surface area contributed by atoms with Gasteiger partial charge in [-0.05, 0) is 36.2 Å². The van der Waals surface area contributed by atoms with Crippen LogP contribution >= 0.6 is 0 Å². The van der Waals surface area contributed by atoms with Crippen molar-refractivity contribution in [3.05, 3.63) is 82.7 Å². The molecule has 0 saturated heterocycles. The van der Waals surface area contributed by atoms with Crippen LogP contribution in [-0.2, 0) is 6.42 Å². The maximum absolute atomic E-state index is 14.4. The number of benzene rings is 2. The van der Waals surface area contributed by atoms with E-state index in [1.165, 1.54) is 6.07 Å². The van der Waals surface area contributed by atoms with Crippen LogP contribution in [0.3, 0.4) is 0 Å². The summed E-state index contributed by atoms with van der Waals surface area (Å²) >= 11 is 0. The maximum Gasteiger partial charge on any atom is 0.194 e. The molecule has 3 aromatic rings. The van der Waals surface area contributed by atoms with Gasteiger partial charge >= 0.3 is 0 Å². The zero-order chi connectivity index (χ0) is 21.1. The van der Waals surface area contributed by atoms with E-state index in [-0.39, 0.29) is 23.5 Å². The minimum atomic E-state index is -1.82. The van der Waals surface area contributed by atoms with Crippen LogP contribution in [-0.4, -0.2) is 9.97 Å². The van der Waals surface area contributed by atoms with E-state index in [0.717, 1.165) is 30.5 Å². The summed E-state index contributed by atoms with van der Waals surface area (Å²) in [6, 6.07) is 3.73. The zero-order valence-corrected chi connectivity index (χ0v) is 15.1. The third kappa shape index (κ3) is 4.31. The van der Waals surface area contributed by atoms with Gasteiger partial charge in [0, 0.05) is 29.1 Å². The Bertz CT molecular complexity index is 1050. The molecule has 1 heterocycles. The van der Waals surface area contributed by atoms with E-state index in [1.54, 1.807) is 12.4 Å². The van der Waals surface area contributed by atoms with Crippen LogP contribution in [0.2, 0.25) is 0 Å². The summed E-state index contributed by atoms with van der Waals surface area (Å²) in [4.78, 5) is 8.23. The number of halogens is 6. The van der Waals surface area contributed by atoms with E-state index in [1.807, 2.05) is 6.92 Å². The second-order valence-electron chi connectivity index (χ2n) is 6.24. The van der Waals surface area contributed by atoms with Gasteiger partial charge < -0.3 is 0 Å². The topological polar surface area (TPSA) is 25.8 Å². The molecule has 8 heteroatoms. The molecule has 0 radical (unpaired) electrons. The average molecular weight is 408 g/mol. The molecule has 3 rings (SSSR count). The first-order valence-electron chi connectivity index (χ1n) is 8.63. The summed E-state index contributed by atoms with van der Waals surface area (Å²) in [6.45, 7) is 2.00. The molecule has 0 aliphatic carbocycles. The molecule has 2 nitrogen and oxygen atoms in total.